The van der Waals surface area contributed by atoms with Gasteiger partial charge in [0.1, 0.15) is 11.8 Å². The van der Waals surface area contributed by atoms with E-state index in [0.717, 1.165) is 6.42 Å². The van der Waals surface area contributed by atoms with Crippen LogP contribution in [0, 0.1) is 5.41 Å². The number of ether oxygens (including phenoxy) is 1. The Morgan fingerprint density at radius 3 is 2.68 bits per heavy atom. The highest BCUT2D eigenvalue weighted by atomic mass is 16.5. The molecule has 7 heteroatoms. The van der Waals surface area contributed by atoms with Crippen molar-refractivity contribution in [3.05, 3.63) is 30.3 Å². The van der Waals surface area contributed by atoms with Crippen molar-refractivity contribution < 1.29 is 19.1 Å². The molecular formula is C18H23N3O4. The van der Waals surface area contributed by atoms with Crippen molar-refractivity contribution in [3.63, 3.8) is 0 Å². The first-order chi connectivity index (χ1) is 11.9. The second-order valence-corrected chi connectivity index (χ2v) is 6.99. The van der Waals surface area contributed by atoms with Crippen LogP contribution in [0.5, 0.6) is 5.75 Å². The highest BCUT2D eigenvalue weighted by Gasteiger charge is 2.63. The number of primary amides is 1. The Balaban J connectivity index is 1.42. The average molecular weight is 345 g/mol. The third-order valence-corrected chi connectivity index (χ3v) is 5.03. The molecule has 0 spiro atoms. The van der Waals surface area contributed by atoms with E-state index in [2.05, 4.69) is 12.2 Å². The minimum Gasteiger partial charge on any atom is -0.493 e. The smallest absolute Gasteiger partial charge is 0.242 e. The van der Waals surface area contributed by atoms with Crippen molar-refractivity contribution >= 4 is 17.7 Å². The van der Waals surface area contributed by atoms with E-state index in [1.165, 1.54) is 0 Å². The lowest BCUT2D eigenvalue weighted by molar-refractivity contribution is -0.138. The van der Waals surface area contributed by atoms with Gasteiger partial charge >= 0.3 is 0 Å². The third kappa shape index (κ3) is 3.75. The number of hydrogen-bond donors (Lipinski definition) is 2. The van der Waals surface area contributed by atoms with E-state index in [9.17, 15) is 14.4 Å². The number of nitrogens with one attached hydrogen (secondary N) is 1. The van der Waals surface area contributed by atoms with Gasteiger partial charge in [-0.3, -0.25) is 14.4 Å². The van der Waals surface area contributed by atoms with Crippen molar-refractivity contribution in [1.82, 2.24) is 10.2 Å². The van der Waals surface area contributed by atoms with Crippen LogP contribution in [0.2, 0.25) is 0 Å². The van der Waals surface area contributed by atoms with Gasteiger partial charge in [0.2, 0.25) is 17.7 Å². The molecule has 0 aromatic heterocycles. The van der Waals surface area contributed by atoms with Crippen LogP contribution < -0.4 is 15.8 Å². The van der Waals surface area contributed by atoms with Crippen LogP contribution >= 0.6 is 0 Å². The molecule has 1 aliphatic carbocycles. The fourth-order valence-corrected chi connectivity index (χ4v) is 3.51. The van der Waals surface area contributed by atoms with Crippen LogP contribution in [-0.4, -0.2) is 47.9 Å². The Morgan fingerprint density at radius 2 is 2.00 bits per heavy atom. The first-order valence-electron chi connectivity index (χ1n) is 8.46. The second kappa shape index (κ2) is 6.74. The Morgan fingerprint density at radius 1 is 1.28 bits per heavy atom. The summed E-state index contributed by atoms with van der Waals surface area (Å²) in [4.78, 5) is 37.4. The molecule has 1 saturated carbocycles. The number of piperidine rings is 1. The average Bonchev–Trinajstić information content (AvgIpc) is 3.14. The van der Waals surface area contributed by atoms with E-state index in [-0.39, 0.29) is 42.8 Å². The van der Waals surface area contributed by atoms with E-state index in [0.29, 0.717) is 12.2 Å². The summed E-state index contributed by atoms with van der Waals surface area (Å²) in [7, 11) is 0. The van der Waals surface area contributed by atoms with Gasteiger partial charge < -0.3 is 20.7 Å². The number of benzene rings is 1. The van der Waals surface area contributed by atoms with Gasteiger partial charge in [0, 0.05) is 6.04 Å². The number of amides is 3. The fourth-order valence-electron chi connectivity index (χ4n) is 3.51. The monoisotopic (exact) mass is 345 g/mol. The SMILES string of the molecule is CC12CC(C(N)=O)N(C(=O)CNC(=O)CCOc3ccccc3)C1C2. The number of hydrogen-bond acceptors (Lipinski definition) is 4. The van der Waals surface area contributed by atoms with Crippen LogP contribution in [0.1, 0.15) is 26.2 Å². The van der Waals surface area contributed by atoms with E-state index in [1.54, 1.807) is 4.90 Å². The van der Waals surface area contributed by atoms with Gasteiger partial charge in [0.05, 0.1) is 19.6 Å². The number of nitrogens with two attached hydrogens (primary N) is 1. The summed E-state index contributed by atoms with van der Waals surface area (Å²) < 4.78 is 5.45. The van der Waals surface area contributed by atoms with Gasteiger partial charge in [-0.2, -0.15) is 0 Å². The largest absolute Gasteiger partial charge is 0.493 e. The molecule has 0 radical (unpaired) electrons. The quantitative estimate of drug-likeness (QED) is 0.748. The first-order valence-corrected chi connectivity index (χ1v) is 8.46. The highest BCUT2D eigenvalue weighted by molar-refractivity contribution is 5.91. The van der Waals surface area contributed by atoms with E-state index < -0.39 is 11.9 Å². The van der Waals surface area contributed by atoms with Crippen LogP contribution in [0.15, 0.2) is 30.3 Å². The van der Waals surface area contributed by atoms with Crippen molar-refractivity contribution in [1.29, 1.82) is 0 Å². The zero-order valence-corrected chi connectivity index (χ0v) is 14.2. The van der Waals surface area contributed by atoms with E-state index >= 15 is 0 Å². The molecular weight excluding hydrogens is 322 g/mol. The maximum Gasteiger partial charge on any atom is 0.242 e. The number of likely N-dealkylation sites (tertiary alicyclic amines) is 1. The normalized spacial score (nSPS) is 26.7. The van der Waals surface area contributed by atoms with Crippen molar-refractivity contribution in [2.45, 2.75) is 38.3 Å². The lowest BCUT2D eigenvalue weighted by Gasteiger charge is -2.25. The predicted octanol–water partition coefficient (Wildman–Crippen LogP) is 0.437. The first kappa shape index (κ1) is 17.3. The van der Waals surface area contributed by atoms with Gasteiger partial charge in [0.25, 0.3) is 0 Å². The summed E-state index contributed by atoms with van der Waals surface area (Å²) in [5.74, 6) is -0.310. The molecule has 3 atom stereocenters. The predicted molar refractivity (Wildman–Crippen MR) is 90.5 cm³/mol. The fraction of sp³-hybridized carbons (Fsp3) is 0.500. The second-order valence-electron chi connectivity index (χ2n) is 6.99. The Bertz CT molecular complexity index is 678. The molecule has 134 valence electrons. The number of fused-ring (bicyclic) bond motifs is 1. The van der Waals surface area contributed by atoms with Crippen molar-refractivity contribution in [2.75, 3.05) is 13.2 Å². The minimum atomic E-state index is -0.561. The molecule has 1 aliphatic heterocycles. The topological polar surface area (TPSA) is 102 Å². The van der Waals surface area contributed by atoms with Crippen LogP contribution in [-0.2, 0) is 14.4 Å². The Kier molecular flexibility index (Phi) is 4.65. The molecule has 1 saturated heterocycles. The van der Waals surface area contributed by atoms with Crippen LogP contribution in [0.25, 0.3) is 0 Å². The standard InChI is InChI=1S/C18H23N3O4/c1-18-9-13(17(19)24)21(14(18)10-18)16(23)11-20-15(22)7-8-25-12-5-3-2-4-6-12/h2-6,13-14H,7-11H2,1H3,(H2,19,24)(H,20,22). The maximum atomic E-state index is 12.4. The summed E-state index contributed by atoms with van der Waals surface area (Å²) in [6.45, 7) is 2.17. The molecule has 2 aliphatic rings. The van der Waals surface area contributed by atoms with E-state index in [1.807, 2.05) is 30.3 Å². The van der Waals surface area contributed by atoms with Gasteiger partial charge in [-0.15, -0.1) is 0 Å². The third-order valence-electron chi connectivity index (χ3n) is 5.03. The van der Waals surface area contributed by atoms with Crippen molar-refractivity contribution in [2.24, 2.45) is 11.1 Å². The maximum absolute atomic E-state index is 12.4. The zero-order chi connectivity index (χ0) is 18.0. The van der Waals surface area contributed by atoms with Gasteiger partial charge in [-0.1, -0.05) is 25.1 Å². The van der Waals surface area contributed by atoms with Gasteiger partial charge in [-0.05, 0) is 30.4 Å². The lowest BCUT2D eigenvalue weighted by Crippen LogP contribution is -2.49. The molecule has 3 unspecified atom stereocenters. The molecule has 1 heterocycles. The van der Waals surface area contributed by atoms with Gasteiger partial charge in [-0.25, -0.2) is 0 Å². The molecule has 3 N–H and O–H groups in total. The van der Waals surface area contributed by atoms with E-state index in [4.69, 9.17) is 10.5 Å². The summed E-state index contributed by atoms with van der Waals surface area (Å²) in [5, 5.41) is 2.59. The Labute approximate surface area is 146 Å². The molecule has 3 amide bonds. The molecule has 1 aromatic rings. The minimum absolute atomic E-state index is 0.00287. The molecule has 2 fully saturated rings. The van der Waals surface area contributed by atoms with Gasteiger partial charge in [0.15, 0.2) is 0 Å². The molecule has 0 bridgehead atoms. The summed E-state index contributed by atoms with van der Waals surface area (Å²) in [6.07, 6.45) is 1.65. The molecule has 1 aromatic carbocycles. The number of para-hydroxylation sites is 1. The number of nitrogens with zero attached hydrogens (tertiary/aromatic N) is 1. The van der Waals surface area contributed by atoms with Crippen LogP contribution in [0.4, 0.5) is 0 Å². The van der Waals surface area contributed by atoms with Crippen molar-refractivity contribution in [3.8, 4) is 5.75 Å². The molecule has 25 heavy (non-hydrogen) atoms. The number of carbonyl (C=O) groups is 3. The number of rotatable bonds is 7. The molecule has 3 rings (SSSR count). The number of carbonyl (C=O) groups excluding carboxylic acids is 3. The zero-order valence-electron chi connectivity index (χ0n) is 14.2. The summed E-state index contributed by atoms with van der Waals surface area (Å²) >= 11 is 0. The highest BCUT2D eigenvalue weighted by Crippen LogP contribution is 2.58. The van der Waals surface area contributed by atoms with Crippen LogP contribution in [0.3, 0.4) is 0 Å². The Hall–Kier alpha value is -2.57. The summed E-state index contributed by atoms with van der Waals surface area (Å²) in [5.41, 5.74) is 5.41. The lowest BCUT2D eigenvalue weighted by atomic mass is 10.0. The summed E-state index contributed by atoms with van der Waals surface area (Å²) in [6, 6.07) is 8.71. The molecule has 7 nitrogen and oxygen atoms in total.